The summed E-state index contributed by atoms with van der Waals surface area (Å²) in [5, 5.41) is 4.57. The maximum atomic E-state index is 6.08. The van der Waals surface area contributed by atoms with Gasteiger partial charge in [0.2, 0.25) is 0 Å². The first-order valence-corrected chi connectivity index (χ1v) is 9.28. The SMILES string of the molecule is Cc1cc(C2(c3cn(C)c4ccccc34)COC2)ccc1OC1CNC1. The quantitative estimate of drug-likeness (QED) is 0.787. The molecule has 0 saturated carbocycles. The van der Waals surface area contributed by atoms with Crippen LogP contribution in [-0.4, -0.2) is 37.0 Å². The van der Waals surface area contributed by atoms with Gasteiger partial charge in [-0.25, -0.2) is 0 Å². The van der Waals surface area contributed by atoms with E-state index in [1.54, 1.807) is 0 Å². The predicted molar refractivity (Wildman–Crippen MR) is 103 cm³/mol. The van der Waals surface area contributed by atoms with E-state index in [9.17, 15) is 0 Å². The minimum atomic E-state index is -0.0673. The molecule has 4 heteroatoms. The van der Waals surface area contributed by atoms with Gasteiger partial charge in [0.15, 0.2) is 0 Å². The van der Waals surface area contributed by atoms with Crippen molar-refractivity contribution in [2.75, 3.05) is 26.3 Å². The van der Waals surface area contributed by atoms with Crippen LogP contribution in [0.1, 0.15) is 16.7 Å². The molecule has 26 heavy (non-hydrogen) atoms. The Morgan fingerprint density at radius 2 is 1.96 bits per heavy atom. The Balaban J connectivity index is 1.57. The van der Waals surface area contributed by atoms with Gasteiger partial charge in [0.25, 0.3) is 0 Å². The number of fused-ring (bicyclic) bond motifs is 1. The molecule has 2 aliphatic heterocycles. The van der Waals surface area contributed by atoms with Crippen molar-refractivity contribution in [2.24, 2.45) is 7.05 Å². The summed E-state index contributed by atoms with van der Waals surface area (Å²) >= 11 is 0. The second kappa shape index (κ2) is 5.86. The van der Waals surface area contributed by atoms with Crippen LogP contribution in [0.5, 0.6) is 5.75 Å². The monoisotopic (exact) mass is 348 g/mol. The van der Waals surface area contributed by atoms with E-state index in [1.165, 1.54) is 27.6 Å². The van der Waals surface area contributed by atoms with Crippen molar-refractivity contribution in [2.45, 2.75) is 18.4 Å². The van der Waals surface area contributed by atoms with Crippen LogP contribution in [0.15, 0.2) is 48.7 Å². The van der Waals surface area contributed by atoms with Crippen molar-refractivity contribution < 1.29 is 9.47 Å². The molecule has 4 nitrogen and oxygen atoms in total. The number of para-hydroxylation sites is 1. The number of ether oxygens (including phenoxy) is 2. The van der Waals surface area contributed by atoms with E-state index >= 15 is 0 Å². The molecule has 0 amide bonds. The van der Waals surface area contributed by atoms with Crippen molar-refractivity contribution in [1.29, 1.82) is 0 Å². The van der Waals surface area contributed by atoms with Gasteiger partial charge < -0.3 is 19.4 Å². The Bertz CT molecular complexity index is 967. The van der Waals surface area contributed by atoms with Crippen LogP contribution < -0.4 is 10.1 Å². The fraction of sp³-hybridized carbons (Fsp3) is 0.364. The second-order valence-electron chi connectivity index (χ2n) is 7.62. The highest BCUT2D eigenvalue weighted by Crippen LogP contribution is 2.44. The first-order valence-electron chi connectivity index (χ1n) is 9.28. The molecule has 5 rings (SSSR count). The average Bonchev–Trinajstić information content (AvgIpc) is 2.89. The van der Waals surface area contributed by atoms with Crippen molar-refractivity contribution in [1.82, 2.24) is 9.88 Å². The topological polar surface area (TPSA) is 35.4 Å². The summed E-state index contributed by atoms with van der Waals surface area (Å²) in [6.45, 7) is 5.48. The highest BCUT2D eigenvalue weighted by Gasteiger charge is 2.44. The molecular formula is C22H24N2O2. The van der Waals surface area contributed by atoms with Gasteiger partial charge in [-0.1, -0.05) is 30.3 Å². The number of rotatable bonds is 4. The van der Waals surface area contributed by atoms with E-state index in [0.717, 1.165) is 32.1 Å². The van der Waals surface area contributed by atoms with E-state index in [4.69, 9.17) is 9.47 Å². The second-order valence-corrected chi connectivity index (χ2v) is 7.62. The zero-order valence-corrected chi connectivity index (χ0v) is 15.3. The van der Waals surface area contributed by atoms with Crippen LogP contribution in [0.25, 0.3) is 10.9 Å². The van der Waals surface area contributed by atoms with Crippen molar-refractivity contribution >= 4 is 10.9 Å². The number of hydrogen-bond acceptors (Lipinski definition) is 3. The Morgan fingerprint density at radius 1 is 1.15 bits per heavy atom. The zero-order valence-electron chi connectivity index (χ0n) is 15.3. The molecule has 0 aliphatic carbocycles. The summed E-state index contributed by atoms with van der Waals surface area (Å²) in [7, 11) is 2.12. The average molecular weight is 348 g/mol. The molecule has 134 valence electrons. The number of nitrogens with one attached hydrogen (secondary N) is 1. The zero-order chi connectivity index (χ0) is 17.7. The van der Waals surface area contributed by atoms with E-state index in [0.29, 0.717) is 6.10 Å². The van der Waals surface area contributed by atoms with Gasteiger partial charge in [0.1, 0.15) is 11.9 Å². The fourth-order valence-electron chi connectivity index (χ4n) is 4.11. The lowest BCUT2D eigenvalue weighted by Gasteiger charge is -2.42. The van der Waals surface area contributed by atoms with Gasteiger partial charge in [0, 0.05) is 37.2 Å². The summed E-state index contributed by atoms with van der Waals surface area (Å²) in [5.74, 6) is 0.994. The van der Waals surface area contributed by atoms with Crippen LogP contribution in [0.4, 0.5) is 0 Å². The van der Waals surface area contributed by atoms with Crippen molar-refractivity contribution in [3.05, 3.63) is 65.4 Å². The van der Waals surface area contributed by atoms with E-state index in [2.05, 4.69) is 72.5 Å². The number of nitrogens with zero attached hydrogens (tertiary/aromatic N) is 1. The third-order valence-corrected chi connectivity index (χ3v) is 5.87. The molecule has 2 fully saturated rings. The van der Waals surface area contributed by atoms with Crippen LogP contribution in [-0.2, 0) is 17.2 Å². The number of hydrogen-bond donors (Lipinski definition) is 1. The smallest absolute Gasteiger partial charge is 0.123 e. The molecule has 0 unspecified atom stereocenters. The Hall–Kier alpha value is -2.30. The van der Waals surface area contributed by atoms with Crippen LogP contribution in [0.2, 0.25) is 0 Å². The molecule has 0 atom stereocenters. The lowest BCUT2D eigenvalue weighted by Crippen LogP contribution is -2.50. The lowest BCUT2D eigenvalue weighted by atomic mass is 9.72. The molecule has 0 spiro atoms. The summed E-state index contributed by atoms with van der Waals surface area (Å²) in [6, 6.07) is 15.3. The molecule has 0 bridgehead atoms. The number of benzene rings is 2. The molecule has 2 aromatic carbocycles. The minimum Gasteiger partial charge on any atom is -0.487 e. The van der Waals surface area contributed by atoms with Crippen molar-refractivity contribution in [3.8, 4) is 5.75 Å². The van der Waals surface area contributed by atoms with Crippen molar-refractivity contribution in [3.63, 3.8) is 0 Å². The predicted octanol–water partition coefficient (Wildman–Crippen LogP) is 3.15. The van der Waals surface area contributed by atoms with E-state index < -0.39 is 0 Å². The maximum Gasteiger partial charge on any atom is 0.123 e. The minimum absolute atomic E-state index is 0.0673. The van der Waals surface area contributed by atoms with E-state index in [-0.39, 0.29) is 5.41 Å². The highest BCUT2D eigenvalue weighted by atomic mass is 16.5. The van der Waals surface area contributed by atoms with Gasteiger partial charge in [0.05, 0.1) is 18.6 Å². The summed E-state index contributed by atoms with van der Waals surface area (Å²) in [6.07, 6.45) is 2.58. The standard InChI is InChI=1S/C22H24N2O2/c1-15-9-16(7-8-21(15)26-17-10-23-11-17)22(13-25-14-22)19-12-24(2)20-6-4-3-5-18(19)20/h3-9,12,17,23H,10-11,13-14H2,1-2H3. The third kappa shape index (κ3) is 2.29. The molecule has 1 aromatic heterocycles. The number of aromatic nitrogens is 1. The highest BCUT2D eigenvalue weighted by molar-refractivity contribution is 5.86. The van der Waals surface area contributed by atoms with Gasteiger partial charge in [-0.15, -0.1) is 0 Å². The molecule has 1 N–H and O–H groups in total. The molecule has 2 saturated heterocycles. The molecule has 3 heterocycles. The molecule has 2 aliphatic rings. The third-order valence-electron chi connectivity index (χ3n) is 5.87. The molecule has 3 aromatic rings. The van der Waals surface area contributed by atoms with Crippen LogP contribution in [0, 0.1) is 6.92 Å². The Kier molecular flexibility index (Phi) is 3.59. The molecular weight excluding hydrogens is 324 g/mol. The lowest BCUT2D eigenvalue weighted by molar-refractivity contribution is -0.0374. The largest absolute Gasteiger partial charge is 0.487 e. The maximum absolute atomic E-state index is 6.08. The van der Waals surface area contributed by atoms with Gasteiger partial charge in [-0.3, -0.25) is 0 Å². The first-order chi connectivity index (χ1) is 12.7. The first kappa shape index (κ1) is 15.9. The van der Waals surface area contributed by atoms with Crippen LogP contribution >= 0.6 is 0 Å². The Morgan fingerprint density at radius 3 is 2.62 bits per heavy atom. The van der Waals surface area contributed by atoms with Gasteiger partial charge in [-0.2, -0.15) is 0 Å². The summed E-state index contributed by atoms with van der Waals surface area (Å²) in [4.78, 5) is 0. The van der Waals surface area contributed by atoms with Gasteiger partial charge >= 0.3 is 0 Å². The molecule has 0 radical (unpaired) electrons. The normalized spacial score (nSPS) is 19.2. The summed E-state index contributed by atoms with van der Waals surface area (Å²) < 4.78 is 14.0. The van der Waals surface area contributed by atoms with Gasteiger partial charge in [-0.05, 0) is 35.7 Å². The van der Waals surface area contributed by atoms with E-state index in [1.807, 2.05) is 0 Å². The van der Waals surface area contributed by atoms with Crippen LogP contribution in [0.3, 0.4) is 0 Å². The summed E-state index contributed by atoms with van der Waals surface area (Å²) in [5.41, 5.74) is 5.07. The fourth-order valence-corrected chi connectivity index (χ4v) is 4.11. The Labute approximate surface area is 153 Å². The number of aryl methyl sites for hydroxylation is 2.